The fourth-order valence-electron chi connectivity index (χ4n) is 2.85. The number of carbonyl (C=O) groups excluding carboxylic acids is 1. The third-order valence-corrected chi connectivity index (χ3v) is 6.01. The number of aromatic nitrogens is 2. The second kappa shape index (κ2) is 9.02. The van der Waals surface area contributed by atoms with Gasteiger partial charge in [0.1, 0.15) is 5.82 Å². The second-order valence-corrected chi connectivity index (χ2v) is 8.30. The number of nitrogens with zero attached hydrogens (tertiary/aromatic N) is 2. The molecule has 30 heavy (non-hydrogen) atoms. The highest BCUT2D eigenvalue weighted by molar-refractivity contribution is 7.89. The molecule has 0 spiro atoms. The number of benzene rings is 2. The van der Waals surface area contributed by atoms with E-state index in [1.807, 2.05) is 0 Å². The monoisotopic (exact) mass is 426 g/mol. The Kier molecular flexibility index (Phi) is 6.43. The van der Waals surface area contributed by atoms with Crippen molar-refractivity contribution in [3.05, 3.63) is 76.3 Å². The Morgan fingerprint density at radius 3 is 2.53 bits per heavy atom. The van der Waals surface area contributed by atoms with E-state index in [2.05, 4.69) is 15.0 Å². The minimum atomic E-state index is -3.51. The Morgan fingerprint density at radius 2 is 1.83 bits per heavy atom. The molecule has 2 aromatic carbocycles. The fraction of sp³-hybridized carbons (Fsp3) is 0.190. The molecule has 3 rings (SSSR count). The lowest BCUT2D eigenvalue weighted by Crippen LogP contribution is -2.28. The van der Waals surface area contributed by atoms with E-state index in [1.165, 1.54) is 22.8 Å². The largest absolute Gasteiger partial charge is 0.345 e. The highest BCUT2D eigenvalue weighted by Crippen LogP contribution is 2.11. The first-order valence-electron chi connectivity index (χ1n) is 9.32. The Balaban J connectivity index is 1.66. The van der Waals surface area contributed by atoms with Crippen molar-refractivity contribution in [3.63, 3.8) is 0 Å². The predicted molar refractivity (Wildman–Crippen MR) is 115 cm³/mol. The lowest BCUT2D eigenvalue weighted by atomic mass is 10.2. The van der Waals surface area contributed by atoms with Crippen molar-refractivity contribution in [2.24, 2.45) is 7.05 Å². The number of carbonyl (C=O) groups is 1. The van der Waals surface area contributed by atoms with Crippen LogP contribution in [-0.2, 0) is 28.4 Å². The predicted octanol–water partition coefficient (Wildman–Crippen LogP) is 1.56. The summed E-state index contributed by atoms with van der Waals surface area (Å²) in [5.41, 5.74) is 1.08. The summed E-state index contributed by atoms with van der Waals surface area (Å²) >= 11 is 0. The lowest BCUT2D eigenvalue weighted by molar-refractivity contribution is -0.116. The Bertz CT molecular complexity index is 1260. The molecular formula is C21H22N4O4S. The maximum absolute atomic E-state index is 12.4. The van der Waals surface area contributed by atoms with Crippen molar-refractivity contribution in [3.8, 4) is 0 Å². The zero-order chi connectivity index (χ0) is 21.7. The quantitative estimate of drug-likeness (QED) is 0.557. The summed E-state index contributed by atoms with van der Waals surface area (Å²) in [5, 5.41) is 3.22. The van der Waals surface area contributed by atoms with Crippen molar-refractivity contribution in [1.82, 2.24) is 19.6 Å². The van der Waals surface area contributed by atoms with Gasteiger partial charge in [0.2, 0.25) is 15.9 Å². The Hall–Kier alpha value is -3.30. The zero-order valence-corrected chi connectivity index (χ0v) is 17.4. The van der Waals surface area contributed by atoms with E-state index < -0.39 is 10.0 Å². The average molecular weight is 426 g/mol. The van der Waals surface area contributed by atoms with E-state index in [9.17, 15) is 18.0 Å². The van der Waals surface area contributed by atoms with E-state index >= 15 is 0 Å². The molecule has 156 valence electrons. The number of hydrogen-bond acceptors (Lipinski definition) is 5. The van der Waals surface area contributed by atoms with Gasteiger partial charge in [-0.15, -0.1) is 0 Å². The van der Waals surface area contributed by atoms with Crippen LogP contribution >= 0.6 is 0 Å². The van der Waals surface area contributed by atoms with E-state index in [4.69, 9.17) is 0 Å². The number of hydrogen-bond donors (Lipinski definition) is 2. The first-order valence-corrected chi connectivity index (χ1v) is 10.8. The van der Waals surface area contributed by atoms with Crippen molar-refractivity contribution in [2.45, 2.75) is 18.4 Å². The van der Waals surface area contributed by atoms with E-state index in [1.54, 1.807) is 56.4 Å². The normalized spacial score (nSPS) is 11.8. The Labute approximate surface area is 174 Å². The third kappa shape index (κ3) is 4.81. The van der Waals surface area contributed by atoms with Crippen molar-refractivity contribution in [1.29, 1.82) is 0 Å². The van der Waals surface area contributed by atoms with E-state index in [-0.39, 0.29) is 22.9 Å². The summed E-state index contributed by atoms with van der Waals surface area (Å²) in [6.45, 7) is 2.11. The number of rotatable bonds is 7. The summed E-state index contributed by atoms with van der Waals surface area (Å²) in [6.07, 6.45) is 2.92. The van der Waals surface area contributed by atoms with Gasteiger partial charge in [0.15, 0.2) is 0 Å². The van der Waals surface area contributed by atoms with Gasteiger partial charge in [-0.05, 0) is 35.9 Å². The SMILES string of the molecule is CCNS(=O)(=O)c1ccc(/C=C/C(=O)NCc2nc3ccccc3c(=O)n2C)cc1. The van der Waals surface area contributed by atoms with Crippen LogP contribution in [0.1, 0.15) is 18.3 Å². The van der Waals surface area contributed by atoms with Crippen molar-refractivity contribution < 1.29 is 13.2 Å². The molecule has 3 aromatic rings. The molecule has 0 fully saturated rings. The minimum Gasteiger partial charge on any atom is -0.345 e. The highest BCUT2D eigenvalue weighted by atomic mass is 32.2. The summed E-state index contributed by atoms with van der Waals surface area (Å²) in [4.78, 5) is 29.1. The summed E-state index contributed by atoms with van der Waals surface area (Å²) in [5.74, 6) is 0.0835. The van der Waals surface area contributed by atoms with Gasteiger partial charge in [0.25, 0.3) is 5.56 Å². The molecule has 0 aliphatic rings. The van der Waals surface area contributed by atoms with Gasteiger partial charge in [-0.1, -0.05) is 31.2 Å². The molecular weight excluding hydrogens is 404 g/mol. The van der Waals surface area contributed by atoms with Gasteiger partial charge in [-0.25, -0.2) is 18.1 Å². The number of sulfonamides is 1. The van der Waals surface area contributed by atoms with Crippen LogP contribution in [0.5, 0.6) is 0 Å². The van der Waals surface area contributed by atoms with Crippen LogP contribution in [0.4, 0.5) is 0 Å². The molecule has 0 bridgehead atoms. The van der Waals surface area contributed by atoms with Crippen LogP contribution in [-0.4, -0.2) is 30.4 Å². The number of nitrogens with one attached hydrogen (secondary N) is 2. The molecule has 1 heterocycles. The van der Waals surface area contributed by atoms with Crippen LogP contribution in [0.3, 0.4) is 0 Å². The molecule has 0 radical (unpaired) electrons. The summed E-state index contributed by atoms with van der Waals surface area (Å²) in [6, 6.07) is 13.2. The van der Waals surface area contributed by atoms with Crippen LogP contribution in [0.25, 0.3) is 17.0 Å². The highest BCUT2D eigenvalue weighted by Gasteiger charge is 2.11. The molecule has 0 atom stereocenters. The van der Waals surface area contributed by atoms with Gasteiger partial charge in [-0.3, -0.25) is 14.2 Å². The van der Waals surface area contributed by atoms with Crippen molar-refractivity contribution >= 4 is 32.9 Å². The third-order valence-electron chi connectivity index (χ3n) is 4.45. The van der Waals surface area contributed by atoms with Crippen LogP contribution in [0.15, 0.2) is 64.3 Å². The van der Waals surface area contributed by atoms with Gasteiger partial charge in [0.05, 0.1) is 22.3 Å². The second-order valence-electron chi connectivity index (χ2n) is 6.53. The fourth-order valence-corrected chi connectivity index (χ4v) is 3.89. The molecule has 1 amide bonds. The van der Waals surface area contributed by atoms with Gasteiger partial charge >= 0.3 is 0 Å². The summed E-state index contributed by atoms with van der Waals surface area (Å²) in [7, 11) is -1.90. The van der Waals surface area contributed by atoms with Crippen LogP contribution in [0.2, 0.25) is 0 Å². The van der Waals surface area contributed by atoms with E-state index in [0.717, 1.165) is 0 Å². The first kappa shape index (κ1) is 21.4. The maximum atomic E-state index is 12.4. The van der Waals surface area contributed by atoms with Crippen LogP contribution in [0, 0.1) is 0 Å². The molecule has 0 aliphatic heterocycles. The zero-order valence-electron chi connectivity index (χ0n) is 16.6. The first-order chi connectivity index (χ1) is 14.3. The number of fused-ring (bicyclic) bond motifs is 1. The molecule has 0 saturated heterocycles. The molecule has 8 nitrogen and oxygen atoms in total. The summed E-state index contributed by atoms with van der Waals surface area (Å²) < 4.78 is 27.7. The van der Waals surface area contributed by atoms with Gasteiger partial charge < -0.3 is 5.32 Å². The van der Waals surface area contributed by atoms with Crippen LogP contribution < -0.4 is 15.6 Å². The molecule has 0 aliphatic carbocycles. The molecule has 0 saturated carbocycles. The Morgan fingerprint density at radius 1 is 1.13 bits per heavy atom. The number of para-hydroxylation sites is 1. The lowest BCUT2D eigenvalue weighted by Gasteiger charge is -2.09. The standard InChI is InChI=1S/C21H22N4O4S/c1-3-23-30(28,29)16-11-8-15(9-12-16)10-13-20(26)22-14-19-24-18-7-5-4-6-17(18)21(27)25(19)2/h4-13,23H,3,14H2,1-2H3,(H,22,26)/b13-10+. The van der Waals surface area contributed by atoms with Gasteiger partial charge in [0, 0.05) is 19.7 Å². The molecule has 9 heteroatoms. The topological polar surface area (TPSA) is 110 Å². The average Bonchev–Trinajstić information content (AvgIpc) is 2.74. The van der Waals surface area contributed by atoms with Crippen molar-refractivity contribution in [2.75, 3.05) is 6.54 Å². The van der Waals surface area contributed by atoms with Gasteiger partial charge in [-0.2, -0.15) is 0 Å². The maximum Gasteiger partial charge on any atom is 0.261 e. The molecule has 1 aromatic heterocycles. The molecule has 0 unspecified atom stereocenters. The number of amides is 1. The smallest absolute Gasteiger partial charge is 0.261 e. The minimum absolute atomic E-state index is 0.0968. The molecule has 2 N–H and O–H groups in total. The van der Waals surface area contributed by atoms with E-state index in [0.29, 0.717) is 28.8 Å².